The summed E-state index contributed by atoms with van der Waals surface area (Å²) in [5.41, 5.74) is 0.731. The minimum Gasteiger partial charge on any atom is -0.508 e. The first-order valence-electron chi connectivity index (χ1n) is 9.51. The number of nitrogens with one attached hydrogen (secondary N) is 1. The van der Waals surface area contributed by atoms with Crippen molar-refractivity contribution in [1.82, 2.24) is 5.32 Å². The number of non-ortho nitro benzene ring substituents is 1. The predicted octanol–water partition coefficient (Wildman–Crippen LogP) is 5.33. The summed E-state index contributed by atoms with van der Waals surface area (Å²) in [7, 11) is 0. The van der Waals surface area contributed by atoms with Crippen LogP contribution >= 0.6 is 0 Å². The van der Waals surface area contributed by atoms with Gasteiger partial charge in [-0.3, -0.25) is 10.1 Å². The highest BCUT2D eigenvalue weighted by Crippen LogP contribution is 2.36. The molecule has 4 rings (SSSR count). The van der Waals surface area contributed by atoms with Crippen LogP contribution in [0, 0.1) is 10.1 Å². The van der Waals surface area contributed by atoms with E-state index in [1.54, 1.807) is 42.5 Å². The van der Waals surface area contributed by atoms with Gasteiger partial charge in [-0.15, -0.1) is 0 Å². The normalized spacial score (nSPS) is 11.6. The molecule has 0 aliphatic rings. The van der Waals surface area contributed by atoms with Crippen molar-refractivity contribution in [2.24, 2.45) is 0 Å². The number of carbonyl (C=O) groups excluding carboxylic acids is 1. The molecule has 0 aromatic heterocycles. The fourth-order valence-corrected chi connectivity index (χ4v) is 3.47. The van der Waals surface area contributed by atoms with Gasteiger partial charge in [0.1, 0.15) is 11.5 Å². The number of benzene rings is 4. The number of amides is 1. The quantitative estimate of drug-likeness (QED) is 0.339. The minimum atomic E-state index is -0.887. The molecule has 0 saturated carbocycles. The first-order valence-corrected chi connectivity index (χ1v) is 9.51. The zero-order valence-corrected chi connectivity index (χ0v) is 16.3. The molecule has 1 unspecified atom stereocenters. The van der Waals surface area contributed by atoms with Gasteiger partial charge in [0.05, 0.1) is 11.0 Å². The number of nitrogens with zero attached hydrogens (tertiary/aromatic N) is 1. The van der Waals surface area contributed by atoms with Gasteiger partial charge in [-0.25, -0.2) is 4.79 Å². The zero-order valence-electron chi connectivity index (χ0n) is 16.3. The molecule has 7 nitrogen and oxygen atoms in total. The third kappa shape index (κ3) is 4.30. The lowest BCUT2D eigenvalue weighted by Gasteiger charge is -2.22. The van der Waals surface area contributed by atoms with Crippen molar-refractivity contribution in [3.8, 4) is 11.5 Å². The van der Waals surface area contributed by atoms with Gasteiger partial charge in [0, 0.05) is 17.7 Å². The van der Waals surface area contributed by atoms with Gasteiger partial charge in [0.15, 0.2) is 0 Å². The summed E-state index contributed by atoms with van der Waals surface area (Å²) in [6, 6.07) is 24.3. The molecule has 4 aromatic rings. The van der Waals surface area contributed by atoms with Crippen LogP contribution in [-0.2, 0) is 0 Å². The van der Waals surface area contributed by atoms with E-state index in [9.17, 15) is 20.0 Å². The maximum Gasteiger partial charge on any atom is 0.413 e. The summed E-state index contributed by atoms with van der Waals surface area (Å²) < 4.78 is 5.35. The molecule has 0 heterocycles. The largest absolute Gasteiger partial charge is 0.508 e. The molecule has 0 bridgehead atoms. The molecule has 0 spiro atoms. The Hall–Kier alpha value is -4.39. The van der Waals surface area contributed by atoms with Crippen molar-refractivity contribution >= 4 is 22.6 Å². The summed E-state index contributed by atoms with van der Waals surface area (Å²) in [6.45, 7) is 0. The average Bonchev–Trinajstić information content (AvgIpc) is 2.78. The lowest BCUT2D eigenvalue weighted by atomic mass is 9.92. The fourth-order valence-electron chi connectivity index (χ4n) is 3.47. The van der Waals surface area contributed by atoms with Crippen LogP contribution in [0.25, 0.3) is 10.8 Å². The van der Waals surface area contributed by atoms with Gasteiger partial charge >= 0.3 is 6.09 Å². The second-order valence-electron chi connectivity index (χ2n) is 6.85. The highest BCUT2D eigenvalue weighted by atomic mass is 16.6. The molecular formula is C24H18N2O5. The number of phenols is 1. The first-order chi connectivity index (χ1) is 15.0. The summed E-state index contributed by atoms with van der Waals surface area (Å²) in [6.07, 6.45) is -0.755. The van der Waals surface area contributed by atoms with E-state index in [2.05, 4.69) is 5.32 Å². The maximum absolute atomic E-state index is 12.7. The molecule has 0 aliphatic carbocycles. The molecule has 0 fully saturated rings. The molecule has 0 aliphatic heterocycles. The Labute approximate surface area is 177 Å². The second-order valence-corrected chi connectivity index (χ2v) is 6.85. The van der Waals surface area contributed by atoms with E-state index in [1.807, 2.05) is 24.3 Å². The van der Waals surface area contributed by atoms with E-state index in [0.717, 1.165) is 5.39 Å². The number of hydrogen-bond acceptors (Lipinski definition) is 5. The van der Waals surface area contributed by atoms with Crippen LogP contribution in [0.5, 0.6) is 11.5 Å². The van der Waals surface area contributed by atoms with Crippen molar-refractivity contribution in [1.29, 1.82) is 0 Å². The smallest absolute Gasteiger partial charge is 0.413 e. The third-order valence-corrected chi connectivity index (χ3v) is 4.87. The standard InChI is InChI=1S/C24H18N2O5/c27-21-14-13-16-7-4-5-12-20(16)22(21)23(17-8-6-9-18(15-17)26(29)30)25-24(28)31-19-10-2-1-3-11-19/h1-15,23,27H,(H,25,28). The number of aromatic hydroxyl groups is 1. The first kappa shape index (κ1) is 19.9. The lowest BCUT2D eigenvalue weighted by Crippen LogP contribution is -2.32. The number of phenolic OH excluding ortho intramolecular Hbond substituents is 1. The Bertz CT molecular complexity index is 1260. The number of carbonyl (C=O) groups is 1. The minimum absolute atomic E-state index is 0.0461. The average molecular weight is 414 g/mol. The predicted molar refractivity (Wildman–Crippen MR) is 116 cm³/mol. The summed E-state index contributed by atoms with van der Waals surface area (Å²) >= 11 is 0. The lowest BCUT2D eigenvalue weighted by molar-refractivity contribution is -0.384. The van der Waals surface area contributed by atoms with E-state index in [1.165, 1.54) is 24.3 Å². The van der Waals surface area contributed by atoms with Gasteiger partial charge < -0.3 is 15.2 Å². The number of hydrogen-bond donors (Lipinski definition) is 2. The van der Waals surface area contributed by atoms with Crippen LogP contribution in [-0.4, -0.2) is 16.1 Å². The summed E-state index contributed by atoms with van der Waals surface area (Å²) in [4.78, 5) is 23.5. The van der Waals surface area contributed by atoms with Crippen molar-refractivity contribution in [3.63, 3.8) is 0 Å². The number of nitro benzene ring substituents is 1. The van der Waals surface area contributed by atoms with Crippen LogP contribution < -0.4 is 10.1 Å². The van der Waals surface area contributed by atoms with E-state index in [-0.39, 0.29) is 11.4 Å². The van der Waals surface area contributed by atoms with Crippen LogP contribution in [0.4, 0.5) is 10.5 Å². The molecular weight excluding hydrogens is 396 g/mol. The number of nitro groups is 1. The Morgan fingerprint density at radius 1 is 0.935 bits per heavy atom. The van der Waals surface area contributed by atoms with Gasteiger partial charge in [0.2, 0.25) is 0 Å². The molecule has 154 valence electrons. The monoisotopic (exact) mass is 414 g/mol. The van der Waals surface area contributed by atoms with Crippen LogP contribution in [0.2, 0.25) is 0 Å². The fraction of sp³-hybridized carbons (Fsp3) is 0.0417. The maximum atomic E-state index is 12.7. The topological polar surface area (TPSA) is 102 Å². The molecule has 31 heavy (non-hydrogen) atoms. The third-order valence-electron chi connectivity index (χ3n) is 4.87. The Kier molecular flexibility index (Phi) is 5.49. The van der Waals surface area contributed by atoms with Crippen LogP contribution in [0.1, 0.15) is 17.2 Å². The van der Waals surface area contributed by atoms with Gasteiger partial charge in [-0.2, -0.15) is 0 Å². The van der Waals surface area contributed by atoms with Crippen molar-refractivity contribution in [2.75, 3.05) is 0 Å². The van der Waals surface area contributed by atoms with Crippen LogP contribution in [0.15, 0.2) is 91.0 Å². The molecule has 7 heteroatoms. The Morgan fingerprint density at radius 2 is 1.68 bits per heavy atom. The Morgan fingerprint density at radius 3 is 2.45 bits per heavy atom. The van der Waals surface area contributed by atoms with Gasteiger partial charge in [-0.05, 0) is 34.5 Å². The molecule has 0 radical (unpaired) electrons. The summed E-state index contributed by atoms with van der Waals surface area (Å²) in [5, 5.41) is 26.3. The van der Waals surface area contributed by atoms with E-state index in [0.29, 0.717) is 22.3 Å². The van der Waals surface area contributed by atoms with Gasteiger partial charge in [0.25, 0.3) is 5.69 Å². The second kappa shape index (κ2) is 8.54. The molecule has 1 amide bonds. The number of ether oxygens (including phenoxy) is 1. The molecule has 2 N–H and O–H groups in total. The number of rotatable bonds is 5. The van der Waals surface area contributed by atoms with Crippen molar-refractivity contribution in [2.45, 2.75) is 6.04 Å². The highest BCUT2D eigenvalue weighted by molar-refractivity contribution is 5.89. The van der Waals surface area contributed by atoms with E-state index >= 15 is 0 Å². The molecule has 4 aromatic carbocycles. The van der Waals surface area contributed by atoms with Crippen LogP contribution in [0.3, 0.4) is 0 Å². The highest BCUT2D eigenvalue weighted by Gasteiger charge is 2.25. The van der Waals surface area contributed by atoms with E-state index < -0.39 is 17.1 Å². The van der Waals surface area contributed by atoms with E-state index in [4.69, 9.17) is 4.74 Å². The number of fused-ring (bicyclic) bond motifs is 1. The molecule has 1 atom stereocenters. The number of para-hydroxylation sites is 1. The Balaban J connectivity index is 1.80. The SMILES string of the molecule is O=C(NC(c1cccc([N+](=O)[O-])c1)c1c(O)ccc2ccccc12)Oc1ccccc1. The van der Waals surface area contributed by atoms with Crippen molar-refractivity contribution < 1.29 is 19.6 Å². The van der Waals surface area contributed by atoms with Crippen molar-refractivity contribution in [3.05, 3.63) is 112 Å². The summed E-state index contributed by atoms with van der Waals surface area (Å²) in [5.74, 6) is 0.301. The molecule has 0 saturated heterocycles. The zero-order chi connectivity index (χ0) is 21.8. The van der Waals surface area contributed by atoms with Gasteiger partial charge in [-0.1, -0.05) is 60.7 Å².